The van der Waals surface area contributed by atoms with Gasteiger partial charge in [0.1, 0.15) is 17.3 Å². The molecule has 0 fully saturated rings. The predicted molar refractivity (Wildman–Crippen MR) is 110 cm³/mol. The summed E-state index contributed by atoms with van der Waals surface area (Å²) in [5, 5.41) is 13.2. The maximum atomic E-state index is 12.5. The Morgan fingerprint density at radius 2 is 1.93 bits per heavy atom. The molecule has 4 aromatic rings. The molecule has 0 atom stereocenters. The summed E-state index contributed by atoms with van der Waals surface area (Å²) in [5.74, 6) is 0.564. The van der Waals surface area contributed by atoms with Gasteiger partial charge in [0.25, 0.3) is 0 Å². The van der Waals surface area contributed by atoms with Gasteiger partial charge in [0.15, 0.2) is 5.75 Å². The number of thiophene rings is 1. The van der Waals surface area contributed by atoms with Crippen LogP contribution >= 0.6 is 22.9 Å². The van der Waals surface area contributed by atoms with E-state index < -0.39 is 11.6 Å². The molecule has 0 aliphatic rings. The van der Waals surface area contributed by atoms with Crippen molar-refractivity contribution in [3.63, 3.8) is 0 Å². The van der Waals surface area contributed by atoms with Gasteiger partial charge in [0.2, 0.25) is 5.91 Å². The van der Waals surface area contributed by atoms with Crippen molar-refractivity contribution in [1.29, 1.82) is 0 Å². The minimum absolute atomic E-state index is 0.304. The zero-order valence-corrected chi connectivity index (χ0v) is 16.4. The van der Waals surface area contributed by atoms with Crippen molar-refractivity contribution < 1.29 is 9.53 Å². The van der Waals surface area contributed by atoms with E-state index in [0.717, 1.165) is 9.36 Å². The number of aromatic nitrogens is 4. The third kappa shape index (κ3) is 4.36. The molecule has 10 heteroatoms. The van der Waals surface area contributed by atoms with E-state index in [9.17, 15) is 9.59 Å². The highest BCUT2D eigenvalue weighted by Crippen LogP contribution is 2.32. The molecule has 8 nitrogen and oxygen atoms in total. The van der Waals surface area contributed by atoms with Gasteiger partial charge in [0, 0.05) is 5.02 Å². The molecule has 0 unspecified atom stereocenters. The van der Waals surface area contributed by atoms with Crippen molar-refractivity contribution in [2.75, 3.05) is 5.32 Å². The third-order valence-electron chi connectivity index (χ3n) is 3.83. The molecule has 1 amide bonds. The van der Waals surface area contributed by atoms with Gasteiger partial charge < -0.3 is 10.1 Å². The first-order valence-corrected chi connectivity index (χ1v) is 9.75. The molecule has 0 saturated carbocycles. The quantitative estimate of drug-likeness (QED) is 0.508. The highest BCUT2D eigenvalue weighted by molar-refractivity contribution is 7.12. The summed E-state index contributed by atoms with van der Waals surface area (Å²) in [6, 6.07) is 17.6. The highest BCUT2D eigenvalue weighted by Gasteiger charge is 2.15. The van der Waals surface area contributed by atoms with Crippen LogP contribution < -0.4 is 15.7 Å². The summed E-state index contributed by atoms with van der Waals surface area (Å²) < 4.78 is 7.94. The molecule has 0 saturated heterocycles. The second-order valence-corrected chi connectivity index (χ2v) is 7.25. The summed E-state index contributed by atoms with van der Waals surface area (Å²) >= 11 is 7.41. The van der Waals surface area contributed by atoms with Gasteiger partial charge in [0.05, 0.1) is 5.69 Å². The van der Waals surface area contributed by atoms with Crippen molar-refractivity contribution in [1.82, 2.24) is 19.8 Å². The van der Waals surface area contributed by atoms with Gasteiger partial charge in [-0.2, -0.15) is 9.36 Å². The van der Waals surface area contributed by atoms with Crippen LogP contribution in [0.5, 0.6) is 11.5 Å². The summed E-state index contributed by atoms with van der Waals surface area (Å²) in [4.78, 5) is 24.9. The fourth-order valence-electron chi connectivity index (χ4n) is 2.53. The number of hydrogen-bond acceptors (Lipinski definition) is 6. The Morgan fingerprint density at radius 1 is 1.10 bits per heavy atom. The van der Waals surface area contributed by atoms with Crippen molar-refractivity contribution in [3.8, 4) is 16.5 Å². The first-order valence-electron chi connectivity index (χ1n) is 8.49. The number of hydrogen-bond donors (Lipinski definition) is 1. The van der Waals surface area contributed by atoms with Gasteiger partial charge in [-0.15, -0.1) is 11.3 Å². The van der Waals surface area contributed by atoms with Gasteiger partial charge in [-0.3, -0.25) is 4.79 Å². The molecule has 0 aliphatic carbocycles. The first kappa shape index (κ1) is 18.9. The minimum atomic E-state index is -0.505. The third-order valence-corrected chi connectivity index (χ3v) is 4.91. The average Bonchev–Trinajstić information content (AvgIpc) is 3.35. The lowest BCUT2D eigenvalue weighted by Crippen LogP contribution is -2.29. The standard InChI is InChI=1S/C19H14ClN5O3S/c20-13-8-9-16(28-14-5-2-1-3-6-14)15(11-13)21-17(26)12-24-19(27)25(23-22-24)18-7-4-10-29-18/h1-11H,12H2,(H,21,26). The van der Waals surface area contributed by atoms with Gasteiger partial charge in [-0.05, 0) is 58.3 Å². The number of rotatable bonds is 6. The van der Waals surface area contributed by atoms with E-state index in [1.807, 2.05) is 23.6 Å². The maximum Gasteiger partial charge on any atom is 0.369 e. The Balaban J connectivity index is 1.52. The molecule has 146 valence electrons. The molecule has 0 spiro atoms. The molecule has 0 aliphatic heterocycles. The van der Waals surface area contributed by atoms with E-state index in [0.29, 0.717) is 27.2 Å². The van der Waals surface area contributed by atoms with Crippen molar-refractivity contribution in [3.05, 3.63) is 81.6 Å². The highest BCUT2D eigenvalue weighted by atomic mass is 35.5. The number of ether oxygens (including phenoxy) is 1. The lowest BCUT2D eigenvalue weighted by Gasteiger charge is -2.12. The van der Waals surface area contributed by atoms with Gasteiger partial charge >= 0.3 is 5.69 Å². The van der Waals surface area contributed by atoms with Crippen molar-refractivity contribution >= 4 is 34.5 Å². The molecule has 2 heterocycles. The number of tetrazole rings is 1. The SMILES string of the molecule is O=C(Cn1nnn(-c2cccs2)c1=O)Nc1cc(Cl)ccc1Oc1ccccc1. The van der Waals surface area contributed by atoms with Crippen LogP contribution in [0.15, 0.2) is 70.8 Å². The topological polar surface area (TPSA) is 91.0 Å². The predicted octanol–water partition coefficient (Wildman–Crippen LogP) is 3.57. The number of carbonyl (C=O) groups excluding carboxylic acids is 1. The first-order chi connectivity index (χ1) is 14.1. The second kappa shape index (κ2) is 8.29. The largest absolute Gasteiger partial charge is 0.455 e. The van der Waals surface area contributed by atoms with Crippen LogP contribution in [0, 0.1) is 0 Å². The van der Waals surface area contributed by atoms with Crippen LogP contribution in [0.3, 0.4) is 0 Å². The molecule has 2 aromatic heterocycles. The van der Waals surface area contributed by atoms with Crippen LogP contribution in [-0.4, -0.2) is 25.7 Å². The van der Waals surface area contributed by atoms with Crippen molar-refractivity contribution in [2.45, 2.75) is 6.54 Å². The smallest absolute Gasteiger partial charge is 0.369 e. The van der Waals surface area contributed by atoms with Crippen LogP contribution in [0.4, 0.5) is 5.69 Å². The Labute approximate surface area is 173 Å². The number of halogens is 1. The minimum Gasteiger partial charge on any atom is -0.455 e. The zero-order valence-electron chi connectivity index (χ0n) is 14.9. The molecular formula is C19H14ClN5O3S. The fourth-order valence-corrected chi connectivity index (χ4v) is 3.37. The number of anilines is 1. The molecular weight excluding hydrogens is 414 g/mol. The van der Waals surface area contributed by atoms with Crippen LogP contribution in [0.2, 0.25) is 5.02 Å². The summed E-state index contributed by atoms with van der Waals surface area (Å²) in [6.45, 7) is -0.304. The van der Waals surface area contributed by atoms with E-state index in [2.05, 4.69) is 15.7 Å². The molecule has 0 radical (unpaired) electrons. The lowest BCUT2D eigenvalue weighted by atomic mass is 10.2. The summed E-state index contributed by atoms with van der Waals surface area (Å²) in [6.07, 6.45) is 0. The van der Waals surface area contributed by atoms with Crippen molar-refractivity contribution in [2.24, 2.45) is 0 Å². The van der Waals surface area contributed by atoms with E-state index in [4.69, 9.17) is 16.3 Å². The molecule has 29 heavy (non-hydrogen) atoms. The van der Waals surface area contributed by atoms with Crippen LogP contribution in [0.25, 0.3) is 5.00 Å². The normalized spacial score (nSPS) is 10.7. The van der Waals surface area contributed by atoms with Crippen LogP contribution in [0.1, 0.15) is 0 Å². The lowest BCUT2D eigenvalue weighted by molar-refractivity contribution is -0.117. The number of para-hydroxylation sites is 1. The summed E-state index contributed by atoms with van der Waals surface area (Å²) in [5.41, 5.74) is -0.125. The number of benzene rings is 2. The Hall–Kier alpha value is -3.43. The molecule has 1 N–H and O–H groups in total. The summed E-state index contributed by atoms with van der Waals surface area (Å²) in [7, 11) is 0. The number of amides is 1. The number of nitrogens with one attached hydrogen (secondary N) is 1. The molecule has 2 aromatic carbocycles. The monoisotopic (exact) mass is 427 g/mol. The Morgan fingerprint density at radius 3 is 2.69 bits per heavy atom. The number of nitrogens with zero attached hydrogens (tertiary/aromatic N) is 4. The van der Waals surface area contributed by atoms with Gasteiger partial charge in [-0.1, -0.05) is 29.8 Å². The molecule has 4 rings (SSSR count). The zero-order chi connectivity index (χ0) is 20.2. The maximum absolute atomic E-state index is 12.5. The Kier molecular flexibility index (Phi) is 5.41. The average molecular weight is 428 g/mol. The van der Waals surface area contributed by atoms with Crippen LogP contribution in [-0.2, 0) is 11.3 Å². The Bertz CT molecular complexity index is 1190. The molecule has 0 bridgehead atoms. The van der Waals surface area contributed by atoms with E-state index in [1.54, 1.807) is 42.5 Å². The number of carbonyl (C=O) groups is 1. The van der Waals surface area contributed by atoms with E-state index in [1.165, 1.54) is 11.3 Å². The van der Waals surface area contributed by atoms with E-state index in [-0.39, 0.29) is 6.54 Å². The van der Waals surface area contributed by atoms with E-state index >= 15 is 0 Å². The fraction of sp³-hybridized carbons (Fsp3) is 0.0526. The second-order valence-electron chi connectivity index (χ2n) is 5.89. The van der Waals surface area contributed by atoms with Gasteiger partial charge in [-0.25, -0.2) is 4.79 Å².